The highest BCUT2D eigenvalue weighted by Crippen LogP contribution is 2.24. The second-order valence-electron chi connectivity index (χ2n) is 8.31. The van der Waals surface area contributed by atoms with Gasteiger partial charge in [-0.15, -0.1) is 0 Å². The van der Waals surface area contributed by atoms with Gasteiger partial charge in [0.15, 0.2) is 0 Å². The number of aryl methyl sites for hydroxylation is 1. The first-order valence-corrected chi connectivity index (χ1v) is 13.0. The van der Waals surface area contributed by atoms with Crippen LogP contribution in [0.2, 0.25) is 0 Å². The number of sulfonamides is 1. The zero-order valence-electron chi connectivity index (χ0n) is 19.4. The number of benzene rings is 2. The van der Waals surface area contributed by atoms with Crippen LogP contribution >= 0.6 is 0 Å². The van der Waals surface area contributed by atoms with Crippen LogP contribution in [0, 0.1) is 0 Å². The summed E-state index contributed by atoms with van der Waals surface area (Å²) in [6, 6.07) is 16.0. The SMILES string of the molecule is CCCn1c(COC(=O)c2ccc3ccccc3n2)nc2cc(S(=O)(=O)N3CCOCC3)ccc21. The number of hydrogen-bond donors (Lipinski definition) is 0. The predicted octanol–water partition coefficient (Wildman–Crippen LogP) is 3.37. The van der Waals surface area contributed by atoms with E-state index in [1.807, 2.05) is 41.8 Å². The minimum absolute atomic E-state index is 0.0480. The smallest absolute Gasteiger partial charge is 0.357 e. The van der Waals surface area contributed by atoms with Gasteiger partial charge in [0.2, 0.25) is 10.0 Å². The van der Waals surface area contributed by atoms with Crippen molar-refractivity contribution in [2.45, 2.75) is 31.4 Å². The zero-order chi connectivity index (χ0) is 24.4. The van der Waals surface area contributed by atoms with Crippen LogP contribution in [-0.2, 0) is 32.6 Å². The molecule has 35 heavy (non-hydrogen) atoms. The van der Waals surface area contributed by atoms with Crippen molar-refractivity contribution in [1.82, 2.24) is 18.8 Å². The summed E-state index contributed by atoms with van der Waals surface area (Å²) in [6.45, 7) is 4.07. The van der Waals surface area contributed by atoms with Gasteiger partial charge in [0.25, 0.3) is 0 Å². The molecule has 2 aromatic heterocycles. The summed E-state index contributed by atoms with van der Waals surface area (Å²) < 4.78 is 40.4. The van der Waals surface area contributed by atoms with Gasteiger partial charge in [-0.3, -0.25) is 0 Å². The van der Waals surface area contributed by atoms with E-state index in [1.165, 1.54) is 4.31 Å². The number of esters is 1. The fraction of sp³-hybridized carbons (Fsp3) is 0.320. The fourth-order valence-corrected chi connectivity index (χ4v) is 5.65. The topological polar surface area (TPSA) is 104 Å². The van der Waals surface area contributed by atoms with Gasteiger partial charge in [0.05, 0.1) is 34.7 Å². The van der Waals surface area contributed by atoms with Crippen molar-refractivity contribution in [3.63, 3.8) is 0 Å². The molecule has 1 aliphatic rings. The third kappa shape index (κ3) is 4.64. The van der Waals surface area contributed by atoms with Crippen molar-refractivity contribution in [1.29, 1.82) is 0 Å². The van der Waals surface area contributed by atoms with Crippen LogP contribution in [0.15, 0.2) is 59.5 Å². The minimum Gasteiger partial charge on any atom is -0.453 e. The fourth-order valence-electron chi connectivity index (χ4n) is 4.22. The molecule has 0 radical (unpaired) electrons. The van der Waals surface area contributed by atoms with Gasteiger partial charge in [0, 0.05) is 25.0 Å². The Hall–Kier alpha value is -3.34. The van der Waals surface area contributed by atoms with Crippen LogP contribution in [0.3, 0.4) is 0 Å². The zero-order valence-corrected chi connectivity index (χ0v) is 20.2. The summed E-state index contributed by atoms with van der Waals surface area (Å²) in [5.74, 6) is 0.0124. The van der Waals surface area contributed by atoms with Crippen molar-refractivity contribution < 1.29 is 22.7 Å². The number of nitrogens with zero attached hydrogens (tertiary/aromatic N) is 4. The molecule has 0 spiro atoms. The number of hydrogen-bond acceptors (Lipinski definition) is 7. The third-order valence-electron chi connectivity index (χ3n) is 5.99. The molecular formula is C25H26N4O5S. The first-order chi connectivity index (χ1) is 17.0. The Morgan fingerprint density at radius 3 is 2.63 bits per heavy atom. The number of imidazole rings is 1. The van der Waals surface area contributed by atoms with E-state index >= 15 is 0 Å². The molecule has 10 heteroatoms. The van der Waals surface area contributed by atoms with Crippen molar-refractivity contribution >= 4 is 37.9 Å². The number of para-hydroxylation sites is 1. The Morgan fingerprint density at radius 2 is 1.83 bits per heavy atom. The maximum absolute atomic E-state index is 13.1. The van der Waals surface area contributed by atoms with Gasteiger partial charge in [-0.25, -0.2) is 23.2 Å². The summed E-state index contributed by atoms with van der Waals surface area (Å²) in [5, 5.41) is 0.941. The Kier molecular flexibility index (Phi) is 6.50. The van der Waals surface area contributed by atoms with Crippen LogP contribution in [0.4, 0.5) is 0 Å². The lowest BCUT2D eigenvalue weighted by atomic mass is 10.2. The van der Waals surface area contributed by atoms with E-state index in [9.17, 15) is 13.2 Å². The van der Waals surface area contributed by atoms with E-state index in [1.54, 1.807) is 24.3 Å². The molecule has 1 aliphatic heterocycles. The summed E-state index contributed by atoms with van der Waals surface area (Å²) in [7, 11) is -3.64. The minimum atomic E-state index is -3.64. The Balaban J connectivity index is 1.40. The monoisotopic (exact) mass is 494 g/mol. The van der Waals surface area contributed by atoms with Gasteiger partial charge in [0.1, 0.15) is 18.1 Å². The molecule has 0 aliphatic carbocycles. The van der Waals surface area contributed by atoms with Gasteiger partial charge >= 0.3 is 5.97 Å². The number of carbonyl (C=O) groups excluding carboxylic acids is 1. The highest BCUT2D eigenvalue weighted by Gasteiger charge is 2.27. The first kappa shape index (κ1) is 23.4. The quantitative estimate of drug-likeness (QED) is 0.363. The van der Waals surface area contributed by atoms with Gasteiger partial charge < -0.3 is 14.0 Å². The number of morpholine rings is 1. The number of pyridine rings is 1. The van der Waals surface area contributed by atoms with Crippen LogP contribution in [-0.4, -0.2) is 59.5 Å². The average Bonchev–Trinajstić information content (AvgIpc) is 3.24. The Labute approximate surface area is 203 Å². The molecule has 1 fully saturated rings. The lowest BCUT2D eigenvalue weighted by Crippen LogP contribution is -2.40. The molecule has 0 bridgehead atoms. The molecule has 1 saturated heterocycles. The molecular weight excluding hydrogens is 468 g/mol. The molecule has 9 nitrogen and oxygen atoms in total. The largest absolute Gasteiger partial charge is 0.453 e. The van der Waals surface area contributed by atoms with Crippen molar-refractivity contribution in [2.75, 3.05) is 26.3 Å². The normalized spacial score (nSPS) is 15.0. The Bertz CT molecular complexity index is 1490. The molecule has 0 saturated carbocycles. The highest BCUT2D eigenvalue weighted by atomic mass is 32.2. The maximum Gasteiger partial charge on any atom is 0.357 e. The van der Waals surface area contributed by atoms with E-state index in [0.29, 0.717) is 49.7 Å². The third-order valence-corrected chi connectivity index (χ3v) is 7.89. The molecule has 182 valence electrons. The lowest BCUT2D eigenvalue weighted by molar-refractivity contribution is 0.0452. The van der Waals surface area contributed by atoms with Gasteiger partial charge in [-0.2, -0.15) is 4.31 Å². The number of aromatic nitrogens is 3. The summed E-state index contributed by atoms with van der Waals surface area (Å²) in [5.41, 5.74) is 2.28. The van der Waals surface area contributed by atoms with Crippen LogP contribution in [0.25, 0.3) is 21.9 Å². The van der Waals surface area contributed by atoms with Crippen LogP contribution < -0.4 is 0 Å². The number of fused-ring (bicyclic) bond motifs is 2. The summed E-state index contributed by atoms with van der Waals surface area (Å²) >= 11 is 0. The molecule has 5 rings (SSSR count). The molecule has 3 heterocycles. The maximum atomic E-state index is 13.1. The predicted molar refractivity (Wildman–Crippen MR) is 130 cm³/mol. The van der Waals surface area contributed by atoms with Gasteiger partial charge in [-0.1, -0.05) is 31.2 Å². The molecule has 0 atom stereocenters. The Morgan fingerprint density at radius 1 is 1.03 bits per heavy atom. The second-order valence-corrected chi connectivity index (χ2v) is 10.2. The molecule has 2 aromatic carbocycles. The standard InChI is InChI=1S/C25H26N4O5S/c1-2-11-29-23-10-8-19(35(31,32)28-12-14-33-15-13-28)16-22(23)27-24(29)17-34-25(30)21-9-7-18-5-3-4-6-20(18)26-21/h3-10,16H,2,11-15,17H2,1H3. The van der Waals surface area contributed by atoms with Crippen LogP contribution in [0.1, 0.15) is 29.7 Å². The van der Waals surface area contributed by atoms with Crippen molar-refractivity contribution in [3.8, 4) is 0 Å². The molecule has 0 unspecified atom stereocenters. The van der Waals surface area contributed by atoms with E-state index < -0.39 is 16.0 Å². The molecule has 4 aromatic rings. The number of rotatable bonds is 7. The molecule has 0 amide bonds. The molecule has 0 N–H and O–H groups in total. The van der Waals surface area contributed by atoms with E-state index in [2.05, 4.69) is 9.97 Å². The highest BCUT2D eigenvalue weighted by molar-refractivity contribution is 7.89. The second kappa shape index (κ2) is 9.73. The van der Waals surface area contributed by atoms with Crippen LogP contribution in [0.5, 0.6) is 0 Å². The van der Waals surface area contributed by atoms with E-state index in [4.69, 9.17) is 9.47 Å². The summed E-state index contributed by atoms with van der Waals surface area (Å²) in [6.07, 6.45) is 0.840. The van der Waals surface area contributed by atoms with E-state index in [0.717, 1.165) is 17.3 Å². The average molecular weight is 495 g/mol. The number of carbonyl (C=O) groups is 1. The van der Waals surface area contributed by atoms with Crippen molar-refractivity contribution in [3.05, 3.63) is 66.1 Å². The first-order valence-electron chi connectivity index (χ1n) is 11.6. The summed E-state index contributed by atoms with van der Waals surface area (Å²) in [4.78, 5) is 21.9. The lowest BCUT2D eigenvalue weighted by Gasteiger charge is -2.26. The van der Waals surface area contributed by atoms with Gasteiger partial charge in [-0.05, 0) is 36.8 Å². The van der Waals surface area contributed by atoms with E-state index in [-0.39, 0.29) is 17.2 Å². The van der Waals surface area contributed by atoms with Crippen molar-refractivity contribution in [2.24, 2.45) is 0 Å². The number of ether oxygens (including phenoxy) is 2.